The van der Waals surface area contributed by atoms with Gasteiger partial charge in [0.1, 0.15) is 11.4 Å². The maximum Gasteiger partial charge on any atom is 0.357 e. The summed E-state index contributed by atoms with van der Waals surface area (Å²) in [4.78, 5) is 36.4. The Hall–Kier alpha value is -3.20. The largest absolute Gasteiger partial charge is 0.508 e. The third-order valence-electron chi connectivity index (χ3n) is 3.65. The zero-order valence-electron chi connectivity index (χ0n) is 14.0. The zero-order valence-corrected chi connectivity index (χ0v) is 14.0. The number of phenols is 1. The average Bonchev–Trinajstić information content (AvgIpc) is 2.61. The lowest BCUT2D eigenvalue weighted by atomic mass is 10.2. The summed E-state index contributed by atoms with van der Waals surface area (Å²) in [5.41, 5.74) is -2.32. The Bertz CT molecular complexity index is 885. The van der Waals surface area contributed by atoms with Gasteiger partial charge in [0.2, 0.25) is 0 Å². The highest BCUT2D eigenvalue weighted by atomic mass is 16.6. The fourth-order valence-corrected chi connectivity index (χ4v) is 2.41. The van der Waals surface area contributed by atoms with E-state index in [2.05, 4.69) is 10.3 Å². The number of piperidine rings is 1. The van der Waals surface area contributed by atoms with Crippen LogP contribution < -0.4 is 16.6 Å². The van der Waals surface area contributed by atoms with Gasteiger partial charge in [-0.15, -0.1) is 0 Å². The highest BCUT2D eigenvalue weighted by Crippen LogP contribution is 2.15. The minimum Gasteiger partial charge on any atom is -0.508 e. The van der Waals surface area contributed by atoms with Crippen molar-refractivity contribution >= 4 is 17.8 Å². The van der Waals surface area contributed by atoms with Gasteiger partial charge in [-0.05, 0) is 49.7 Å². The van der Waals surface area contributed by atoms with E-state index in [1.54, 1.807) is 17.1 Å². The lowest BCUT2D eigenvalue weighted by Crippen LogP contribution is -2.25. The fourth-order valence-electron chi connectivity index (χ4n) is 2.41. The molecule has 1 fully saturated rings. The molecule has 2 heterocycles. The quantitative estimate of drug-likeness (QED) is 0.484. The van der Waals surface area contributed by atoms with Crippen LogP contribution in [0.25, 0.3) is 12.2 Å². The number of hydrogen-bond donors (Lipinski definition) is 4. The first-order chi connectivity index (χ1) is 12.5. The molecule has 0 spiro atoms. The molecular weight excluding hydrogens is 340 g/mol. The summed E-state index contributed by atoms with van der Waals surface area (Å²) in [6.07, 6.45) is 6.87. The molecule has 4 N–H and O–H groups in total. The van der Waals surface area contributed by atoms with Gasteiger partial charge in [-0.25, -0.2) is 4.79 Å². The topological polar surface area (TPSA) is 141 Å². The van der Waals surface area contributed by atoms with E-state index in [-0.39, 0.29) is 11.4 Å². The number of hydrogen-bond acceptors (Lipinski definition) is 6. The molecule has 138 valence electrons. The van der Waals surface area contributed by atoms with Crippen LogP contribution in [0.2, 0.25) is 0 Å². The summed E-state index contributed by atoms with van der Waals surface area (Å²) in [7, 11) is 0. The molecule has 1 aliphatic heterocycles. The number of rotatable bonds is 3. The number of aromatic hydroxyl groups is 1. The minimum absolute atomic E-state index is 0.0288. The first kappa shape index (κ1) is 19.1. The second kappa shape index (κ2) is 9.33. The number of nitrogens with zero attached hydrogens (tertiary/aromatic N) is 1. The summed E-state index contributed by atoms with van der Waals surface area (Å²) in [6, 6.07) is 6.12. The molecule has 0 radical (unpaired) electrons. The normalized spacial score (nSPS) is 13.8. The molecule has 1 aliphatic rings. The van der Waals surface area contributed by atoms with Gasteiger partial charge in [0.15, 0.2) is 0 Å². The summed E-state index contributed by atoms with van der Waals surface area (Å²) in [6.45, 7) is 2.50. The van der Waals surface area contributed by atoms with Crippen molar-refractivity contribution in [2.45, 2.75) is 19.3 Å². The van der Waals surface area contributed by atoms with E-state index in [0.29, 0.717) is 5.56 Å². The molecule has 9 nitrogen and oxygen atoms in total. The Morgan fingerprint density at radius 1 is 1.08 bits per heavy atom. The van der Waals surface area contributed by atoms with Crippen molar-refractivity contribution in [1.82, 2.24) is 15.3 Å². The predicted octanol–water partition coefficient (Wildman–Crippen LogP) is 1.61. The van der Waals surface area contributed by atoms with Gasteiger partial charge in [-0.3, -0.25) is 19.9 Å². The third kappa shape index (κ3) is 5.71. The minimum atomic E-state index is -1.07. The van der Waals surface area contributed by atoms with Crippen molar-refractivity contribution in [3.05, 3.63) is 66.5 Å². The molecule has 1 aromatic heterocycles. The van der Waals surface area contributed by atoms with Crippen molar-refractivity contribution in [2.75, 3.05) is 13.1 Å². The SMILES string of the molecule is C1CCNCC1.O=c1[nH]c(/C=C/c2cccc(O)c2)c([N+](=O)[O-])c(=O)[nH]1. The highest BCUT2D eigenvalue weighted by Gasteiger charge is 2.18. The number of aromatic nitrogens is 2. The maximum absolute atomic E-state index is 11.4. The van der Waals surface area contributed by atoms with E-state index in [9.17, 15) is 24.8 Å². The van der Waals surface area contributed by atoms with Gasteiger partial charge in [0, 0.05) is 0 Å². The third-order valence-corrected chi connectivity index (χ3v) is 3.65. The molecule has 1 saturated heterocycles. The van der Waals surface area contributed by atoms with Crippen molar-refractivity contribution in [3.8, 4) is 5.75 Å². The Morgan fingerprint density at radius 2 is 1.81 bits per heavy atom. The lowest BCUT2D eigenvalue weighted by molar-refractivity contribution is -0.386. The molecule has 0 atom stereocenters. The van der Waals surface area contributed by atoms with Crippen molar-refractivity contribution in [2.24, 2.45) is 0 Å². The fraction of sp³-hybridized carbons (Fsp3) is 0.294. The second-order valence-corrected chi connectivity index (χ2v) is 5.67. The Balaban J connectivity index is 0.000000342. The summed E-state index contributed by atoms with van der Waals surface area (Å²) < 4.78 is 0. The molecule has 0 amide bonds. The van der Waals surface area contributed by atoms with Crippen molar-refractivity contribution in [1.29, 1.82) is 0 Å². The van der Waals surface area contributed by atoms with Gasteiger partial charge in [-0.1, -0.05) is 24.6 Å². The van der Waals surface area contributed by atoms with Gasteiger partial charge in [0.25, 0.3) is 0 Å². The number of nitrogens with one attached hydrogen (secondary N) is 3. The van der Waals surface area contributed by atoms with Gasteiger partial charge < -0.3 is 15.4 Å². The van der Waals surface area contributed by atoms with Crippen LogP contribution in [0.1, 0.15) is 30.5 Å². The number of H-pyrrole nitrogens is 2. The van der Waals surface area contributed by atoms with Crippen molar-refractivity contribution in [3.63, 3.8) is 0 Å². The van der Waals surface area contributed by atoms with Crippen LogP contribution in [0.5, 0.6) is 5.75 Å². The van der Waals surface area contributed by atoms with Crippen LogP contribution in [0, 0.1) is 10.1 Å². The number of phenolic OH excluding ortho intramolecular Hbond substituents is 1. The molecule has 0 saturated carbocycles. The number of nitro groups is 1. The van der Waals surface area contributed by atoms with E-state index in [0.717, 1.165) is 0 Å². The molecule has 2 aromatic rings. The second-order valence-electron chi connectivity index (χ2n) is 5.67. The molecule has 3 rings (SSSR count). The highest BCUT2D eigenvalue weighted by molar-refractivity contribution is 5.72. The monoisotopic (exact) mass is 360 g/mol. The first-order valence-corrected chi connectivity index (χ1v) is 8.16. The van der Waals surface area contributed by atoms with E-state index < -0.39 is 21.9 Å². The predicted molar refractivity (Wildman–Crippen MR) is 98.1 cm³/mol. The molecule has 26 heavy (non-hydrogen) atoms. The Kier molecular flexibility index (Phi) is 6.86. The molecule has 0 aliphatic carbocycles. The first-order valence-electron chi connectivity index (χ1n) is 8.16. The summed E-state index contributed by atoms with van der Waals surface area (Å²) in [5.74, 6) is 0.0288. The number of benzene rings is 1. The van der Waals surface area contributed by atoms with E-state index in [1.807, 2.05) is 0 Å². The molecule has 0 bridgehead atoms. The maximum atomic E-state index is 11.4. The van der Waals surface area contributed by atoms with Crippen LogP contribution in [-0.2, 0) is 0 Å². The van der Waals surface area contributed by atoms with E-state index in [1.165, 1.54) is 56.6 Å². The van der Waals surface area contributed by atoms with Crippen LogP contribution in [0.15, 0.2) is 33.9 Å². The van der Waals surface area contributed by atoms with Crippen LogP contribution >= 0.6 is 0 Å². The zero-order chi connectivity index (χ0) is 18.9. The summed E-state index contributed by atoms with van der Waals surface area (Å²) >= 11 is 0. The van der Waals surface area contributed by atoms with Crippen LogP contribution in [0.4, 0.5) is 5.69 Å². The molecule has 9 heteroatoms. The van der Waals surface area contributed by atoms with E-state index in [4.69, 9.17) is 0 Å². The van der Waals surface area contributed by atoms with Gasteiger partial charge >= 0.3 is 16.9 Å². The Morgan fingerprint density at radius 3 is 2.35 bits per heavy atom. The molecular formula is C17H20N4O5. The lowest BCUT2D eigenvalue weighted by Gasteiger charge is -2.08. The van der Waals surface area contributed by atoms with Gasteiger partial charge in [0.05, 0.1) is 4.92 Å². The van der Waals surface area contributed by atoms with E-state index >= 15 is 0 Å². The summed E-state index contributed by atoms with van der Waals surface area (Å²) in [5, 5.41) is 23.4. The van der Waals surface area contributed by atoms with Crippen LogP contribution in [0.3, 0.4) is 0 Å². The van der Waals surface area contributed by atoms with Gasteiger partial charge in [-0.2, -0.15) is 0 Å². The average molecular weight is 360 g/mol. The van der Waals surface area contributed by atoms with Crippen molar-refractivity contribution < 1.29 is 10.0 Å². The molecule has 0 unspecified atom stereocenters. The Labute approximate surface area is 148 Å². The van der Waals surface area contributed by atoms with Crippen LogP contribution in [-0.4, -0.2) is 33.1 Å². The number of aromatic amines is 2. The standard InChI is InChI=1S/C12H9N3O5.C5H11N/c16-8-3-1-2-7(6-8)4-5-9-10(15(19)20)11(17)14-12(18)13-9;1-2-4-6-5-3-1/h1-6,16H,(H2,13,14,17,18);6H,1-5H2/b5-4+;. The smallest absolute Gasteiger partial charge is 0.357 e. The molecule has 1 aromatic carbocycles.